The molecule has 21 heavy (non-hydrogen) atoms. The highest BCUT2D eigenvalue weighted by Crippen LogP contribution is 2.34. The summed E-state index contributed by atoms with van der Waals surface area (Å²) in [5.74, 6) is -0.976. The van der Waals surface area contributed by atoms with Crippen molar-refractivity contribution in [3.05, 3.63) is 29.3 Å². The fourth-order valence-electron chi connectivity index (χ4n) is 2.42. The third-order valence-corrected chi connectivity index (χ3v) is 3.98. The van der Waals surface area contributed by atoms with Crippen LogP contribution < -0.4 is 10.6 Å². The van der Waals surface area contributed by atoms with E-state index in [1.807, 2.05) is 0 Å². The lowest BCUT2D eigenvalue weighted by Gasteiger charge is -2.40. The Balaban J connectivity index is 1.91. The first-order valence-electron chi connectivity index (χ1n) is 6.90. The molecule has 0 saturated heterocycles. The lowest BCUT2D eigenvalue weighted by atomic mass is 9.80. The molecule has 0 aliphatic heterocycles. The Morgan fingerprint density at radius 2 is 2.10 bits per heavy atom. The molecule has 6 nitrogen and oxygen atoms in total. The number of anilines is 1. The van der Waals surface area contributed by atoms with Gasteiger partial charge in [0, 0.05) is 19.3 Å². The molecule has 0 spiro atoms. The average Bonchev–Trinajstić information content (AvgIpc) is 2.37. The van der Waals surface area contributed by atoms with E-state index in [-0.39, 0.29) is 17.2 Å². The number of carbonyl (C=O) groups is 2. The number of hydrogen-bond donors (Lipinski definition) is 3. The Bertz CT molecular complexity index is 547. The molecule has 0 heterocycles. The van der Waals surface area contributed by atoms with Gasteiger partial charge in [-0.1, -0.05) is 0 Å². The van der Waals surface area contributed by atoms with E-state index in [0.29, 0.717) is 17.8 Å². The molecule has 0 radical (unpaired) electrons. The van der Waals surface area contributed by atoms with Gasteiger partial charge in [0.2, 0.25) is 0 Å². The first-order chi connectivity index (χ1) is 9.96. The van der Waals surface area contributed by atoms with Crippen LogP contribution >= 0.6 is 0 Å². The molecular formula is C15H20N2O4. The van der Waals surface area contributed by atoms with Gasteiger partial charge in [0.05, 0.1) is 11.2 Å². The molecule has 0 unspecified atom stereocenters. The van der Waals surface area contributed by atoms with Crippen molar-refractivity contribution in [1.29, 1.82) is 0 Å². The van der Waals surface area contributed by atoms with E-state index in [0.717, 1.165) is 19.3 Å². The van der Waals surface area contributed by atoms with Crippen molar-refractivity contribution in [3.8, 4) is 0 Å². The molecular weight excluding hydrogens is 272 g/mol. The molecule has 0 aromatic heterocycles. The van der Waals surface area contributed by atoms with Gasteiger partial charge in [-0.05, 0) is 49.9 Å². The predicted molar refractivity (Wildman–Crippen MR) is 78.8 cm³/mol. The van der Waals surface area contributed by atoms with Gasteiger partial charge >= 0.3 is 12.0 Å². The van der Waals surface area contributed by atoms with Crippen molar-refractivity contribution >= 4 is 17.7 Å². The highest BCUT2D eigenvalue weighted by atomic mass is 16.5. The third-order valence-electron chi connectivity index (χ3n) is 3.98. The number of aromatic carboxylic acids is 1. The quantitative estimate of drug-likeness (QED) is 0.777. The van der Waals surface area contributed by atoms with Gasteiger partial charge < -0.3 is 20.5 Å². The summed E-state index contributed by atoms with van der Waals surface area (Å²) in [6.07, 6.45) is 3.03. The third kappa shape index (κ3) is 3.52. The molecule has 6 heteroatoms. The van der Waals surface area contributed by atoms with E-state index in [9.17, 15) is 9.59 Å². The summed E-state index contributed by atoms with van der Waals surface area (Å²) in [6.45, 7) is 2.17. The molecule has 2 rings (SSSR count). The monoisotopic (exact) mass is 292 g/mol. The minimum Gasteiger partial charge on any atom is -0.478 e. The van der Waals surface area contributed by atoms with Crippen LogP contribution in [0.2, 0.25) is 0 Å². The van der Waals surface area contributed by atoms with Gasteiger partial charge in [0.1, 0.15) is 0 Å². The fraction of sp³-hybridized carbons (Fsp3) is 0.467. The summed E-state index contributed by atoms with van der Waals surface area (Å²) >= 11 is 0. The summed E-state index contributed by atoms with van der Waals surface area (Å²) < 4.78 is 5.43. The number of hydrogen-bond acceptors (Lipinski definition) is 3. The van der Waals surface area contributed by atoms with Crippen LogP contribution in [-0.4, -0.2) is 36.4 Å². The first kappa shape index (κ1) is 15.3. The van der Waals surface area contributed by atoms with Gasteiger partial charge in [0.15, 0.2) is 0 Å². The number of urea groups is 1. The minimum atomic E-state index is -0.976. The van der Waals surface area contributed by atoms with Crippen molar-refractivity contribution < 1.29 is 19.4 Å². The Morgan fingerprint density at radius 3 is 2.57 bits per heavy atom. The number of nitrogens with one attached hydrogen (secondary N) is 2. The fourth-order valence-corrected chi connectivity index (χ4v) is 2.42. The van der Waals surface area contributed by atoms with E-state index in [1.165, 1.54) is 6.07 Å². The van der Waals surface area contributed by atoms with Crippen molar-refractivity contribution in [2.24, 2.45) is 0 Å². The summed E-state index contributed by atoms with van der Waals surface area (Å²) in [4.78, 5) is 22.8. The standard InChI is InChI=1S/C15H20N2O4/c1-10-8-11(4-5-12(10)13(18)19)17-14(20)16-9-15(21-2)6-3-7-15/h4-5,8H,3,6-7,9H2,1-2H3,(H,18,19)(H2,16,17,20). The van der Waals surface area contributed by atoms with Crippen molar-refractivity contribution in [1.82, 2.24) is 5.32 Å². The Labute approximate surface area is 123 Å². The molecule has 2 amide bonds. The smallest absolute Gasteiger partial charge is 0.335 e. The lowest BCUT2D eigenvalue weighted by Crippen LogP contribution is -2.50. The molecule has 1 aliphatic rings. The van der Waals surface area contributed by atoms with Crippen LogP contribution in [0, 0.1) is 6.92 Å². The maximum absolute atomic E-state index is 11.9. The predicted octanol–water partition coefficient (Wildman–Crippen LogP) is 2.38. The van der Waals surface area contributed by atoms with Crippen LogP contribution in [0.3, 0.4) is 0 Å². The molecule has 114 valence electrons. The molecule has 1 aliphatic carbocycles. The Kier molecular flexibility index (Phi) is 4.47. The SMILES string of the molecule is COC1(CNC(=O)Nc2ccc(C(=O)O)c(C)c2)CCC1. The number of carboxylic acids is 1. The second-order valence-electron chi connectivity index (χ2n) is 5.38. The zero-order valence-corrected chi connectivity index (χ0v) is 12.2. The molecule has 0 bridgehead atoms. The maximum Gasteiger partial charge on any atom is 0.335 e. The van der Waals surface area contributed by atoms with Crippen LogP contribution in [0.15, 0.2) is 18.2 Å². The zero-order chi connectivity index (χ0) is 15.5. The number of ether oxygens (including phenoxy) is 1. The zero-order valence-electron chi connectivity index (χ0n) is 12.2. The summed E-state index contributed by atoms with van der Waals surface area (Å²) in [6, 6.07) is 4.38. The summed E-state index contributed by atoms with van der Waals surface area (Å²) in [7, 11) is 1.66. The lowest BCUT2D eigenvalue weighted by molar-refractivity contribution is -0.0671. The van der Waals surface area contributed by atoms with Crippen molar-refractivity contribution in [2.45, 2.75) is 31.8 Å². The molecule has 1 aromatic rings. The maximum atomic E-state index is 11.9. The Hall–Kier alpha value is -2.08. The van der Waals surface area contributed by atoms with E-state index in [2.05, 4.69) is 10.6 Å². The molecule has 0 atom stereocenters. The van der Waals surface area contributed by atoms with Gasteiger partial charge in [-0.3, -0.25) is 0 Å². The topological polar surface area (TPSA) is 87.7 Å². The number of carboxylic acid groups (broad SMARTS) is 1. The number of carbonyl (C=O) groups excluding carboxylic acids is 1. The number of benzene rings is 1. The van der Waals surface area contributed by atoms with Crippen molar-refractivity contribution in [3.63, 3.8) is 0 Å². The normalized spacial score (nSPS) is 15.9. The molecule has 3 N–H and O–H groups in total. The molecule has 1 fully saturated rings. The number of amides is 2. The van der Waals surface area contributed by atoms with E-state index < -0.39 is 5.97 Å². The minimum absolute atomic E-state index is 0.222. The highest BCUT2D eigenvalue weighted by molar-refractivity contribution is 5.92. The second-order valence-corrected chi connectivity index (χ2v) is 5.38. The summed E-state index contributed by atoms with van der Waals surface area (Å²) in [5, 5.41) is 14.4. The van der Waals surface area contributed by atoms with Crippen LogP contribution in [0.1, 0.15) is 35.2 Å². The van der Waals surface area contributed by atoms with Gasteiger partial charge in [-0.2, -0.15) is 0 Å². The van der Waals surface area contributed by atoms with Gasteiger partial charge in [-0.25, -0.2) is 9.59 Å². The second kappa shape index (κ2) is 6.13. The van der Waals surface area contributed by atoms with E-state index in [1.54, 1.807) is 26.2 Å². The average molecular weight is 292 g/mol. The molecule has 1 saturated carbocycles. The largest absolute Gasteiger partial charge is 0.478 e. The summed E-state index contributed by atoms with van der Waals surface area (Å²) in [5.41, 5.74) is 1.18. The van der Waals surface area contributed by atoms with Crippen LogP contribution in [0.25, 0.3) is 0 Å². The highest BCUT2D eigenvalue weighted by Gasteiger charge is 2.37. The van der Waals surface area contributed by atoms with E-state index >= 15 is 0 Å². The number of methoxy groups -OCH3 is 1. The van der Waals surface area contributed by atoms with Crippen LogP contribution in [0.5, 0.6) is 0 Å². The van der Waals surface area contributed by atoms with Crippen LogP contribution in [-0.2, 0) is 4.74 Å². The van der Waals surface area contributed by atoms with Crippen LogP contribution in [0.4, 0.5) is 10.5 Å². The molecule has 1 aromatic carbocycles. The van der Waals surface area contributed by atoms with Gasteiger partial charge in [0.25, 0.3) is 0 Å². The number of aryl methyl sites for hydroxylation is 1. The Morgan fingerprint density at radius 1 is 1.38 bits per heavy atom. The van der Waals surface area contributed by atoms with Crippen molar-refractivity contribution in [2.75, 3.05) is 19.0 Å². The van der Waals surface area contributed by atoms with Gasteiger partial charge in [-0.15, -0.1) is 0 Å². The van der Waals surface area contributed by atoms with E-state index in [4.69, 9.17) is 9.84 Å². The first-order valence-corrected chi connectivity index (χ1v) is 6.90. The number of rotatable bonds is 5.